The summed E-state index contributed by atoms with van der Waals surface area (Å²) in [7, 11) is -3.63. The number of carbonyl (C=O) groups excluding carboxylic acids is 1. The molecule has 0 aliphatic carbocycles. The summed E-state index contributed by atoms with van der Waals surface area (Å²) in [6.45, 7) is 2.05. The van der Waals surface area contributed by atoms with Gasteiger partial charge in [-0.25, -0.2) is 8.42 Å². The van der Waals surface area contributed by atoms with Crippen molar-refractivity contribution in [2.45, 2.75) is 13.3 Å². The number of para-hydroxylation sites is 1. The fourth-order valence-electron chi connectivity index (χ4n) is 3.05. The molecular weight excluding hydrogens is 360 g/mol. The normalized spacial score (nSPS) is 13.6. The molecule has 3 rings (SSSR count). The van der Waals surface area contributed by atoms with Crippen LogP contribution in [0.2, 0.25) is 5.02 Å². The van der Waals surface area contributed by atoms with Crippen molar-refractivity contribution in [3.8, 4) is 0 Å². The van der Waals surface area contributed by atoms with Gasteiger partial charge in [0.2, 0.25) is 15.9 Å². The average molecular weight is 379 g/mol. The molecule has 0 saturated heterocycles. The van der Waals surface area contributed by atoms with E-state index in [9.17, 15) is 13.2 Å². The van der Waals surface area contributed by atoms with Crippen molar-refractivity contribution in [1.82, 2.24) is 0 Å². The molecule has 1 aliphatic rings. The molecule has 1 amide bonds. The third kappa shape index (κ3) is 3.50. The molecule has 2 aromatic carbocycles. The monoisotopic (exact) mass is 378 g/mol. The first kappa shape index (κ1) is 17.8. The minimum atomic E-state index is -3.63. The molecule has 0 radical (unpaired) electrons. The molecule has 2 aromatic rings. The summed E-state index contributed by atoms with van der Waals surface area (Å²) in [5.41, 5.74) is 3.00. The van der Waals surface area contributed by atoms with Gasteiger partial charge >= 0.3 is 0 Å². The smallest absolute Gasteiger partial charge is 0.247 e. The highest BCUT2D eigenvalue weighted by Gasteiger charge is 2.29. The number of carbonyl (C=O) groups is 1. The number of fused-ring (bicyclic) bond motifs is 1. The predicted molar refractivity (Wildman–Crippen MR) is 101 cm³/mol. The van der Waals surface area contributed by atoms with Crippen LogP contribution in [0.4, 0.5) is 11.4 Å². The highest BCUT2D eigenvalue weighted by atomic mass is 35.5. The third-order valence-electron chi connectivity index (χ3n) is 4.38. The van der Waals surface area contributed by atoms with Crippen LogP contribution in [0.3, 0.4) is 0 Å². The van der Waals surface area contributed by atoms with E-state index in [-0.39, 0.29) is 12.5 Å². The van der Waals surface area contributed by atoms with Gasteiger partial charge in [0, 0.05) is 17.3 Å². The number of benzene rings is 2. The molecule has 7 heteroatoms. The minimum absolute atomic E-state index is 0.255. The lowest BCUT2D eigenvalue weighted by molar-refractivity contribution is -0.117. The van der Waals surface area contributed by atoms with Crippen molar-refractivity contribution >= 4 is 38.9 Å². The van der Waals surface area contributed by atoms with Crippen LogP contribution in [0.5, 0.6) is 0 Å². The van der Waals surface area contributed by atoms with Crippen LogP contribution in [0, 0.1) is 6.92 Å². The van der Waals surface area contributed by atoms with E-state index in [0.717, 1.165) is 28.2 Å². The maximum absolute atomic E-state index is 12.8. The summed E-state index contributed by atoms with van der Waals surface area (Å²) in [6.07, 6.45) is 1.87. The van der Waals surface area contributed by atoms with Gasteiger partial charge in [0.1, 0.15) is 6.54 Å². The molecule has 0 unspecified atom stereocenters. The first-order valence-corrected chi connectivity index (χ1v) is 10.1. The highest BCUT2D eigenvalue weighted by Crippen LogP contribution is 2.30. The van der Waals surface area contributed by atoms with Crippen molar-refractivity contribution in [1.29, 1.82) is 0 Å². The van der Waals surface area contributed by atoms with Crippen molar-refractivity contribution in [2.75, 3.05) is 28.6 Å². The number of rotatable bonds is 4. The molecule has 0 aromatic heterocycles. The van der Waals surface area contributed by atoms with E-state index < -0.39 is 10.0 Å². The molecule has 1 heterocycles. The molecule has 0 fully saturated rings. The Morgan fingerprint density at radius 2 is 1.92 bits per heavy atom. The van der Waals surface area contributed by atoms with Crippen LogP contribution in [-0.2, 0) is 21.2 Å². The quantitative estimate of drug-likeness (QED) is 0.821. The zero-order valence-electron chi connectivity index (χ0n) is 14.1. The van der Waals surface area contributed by atoms with Crippen LogP contribution in [0.1, 0.15) is 11.1 Å². The summed E-state index contributed by atoms with van der Waals surface area (Å²) in [4.78, 5) is 14.5. The van der Waals surface area contributed by atoms with Gasteiger partial charge < -0.3 is 4.90 Å². The molecular formula is C18H19ClN2O3S. The van der Waals surface area contributed by atoms with Gasteiger partial charge in [-0.2, -0.15) is 0 Å². The molecule has 0 spiro atoms. The lowest BCUT2D eigenvalue weighted by Crippen LogP contribution is -2.42. The lowest BCUT2D eigenvalue weighted by Gasteiger charge is -2.26. The Morgan fingerprint density at radius 3 is 2.64 bits per heavy atom. The number of sulfonamides is 1. The Kier molecular flexibility index (Phi) is 4.75. The van der Waals surface area contributed by atoms with Gasteiger partial charge in [0.15, 0.2) is 0 Å². The Labute approximate surface area is 152 Å². The minimum Gasteiger partial charge on any atom is -0.310 e. The van der Waals surface area contributed by atoms with Gasteiger partial charge in [0.25, 0.3) is 0 Å². The second-order valence-electron chi connectivity index (χ2n) is 6.08. The second-order valence-corrected chi connectivity index (χ2v) is 8.39. The van der Waals surface area contributed by atoms with Gasteiger partial charge in [-0.3, -0.25) is 9.10 Å². The SMILES string of the molecule is Cc1c(Cl)cccc1N(CC(=O)N1CCc2ccccc21)S(C)(=O)=O. The zero-order valence-corrected chi connectivity index (χ0v) is 15.6. The van der Waals surface area contributed by atoms with E-state index in [0.29, 0.717) is 22.8 Å². The van der Waals surface area contributed by atoms with E-state index in [2.05, 4.69) is 0 Å². The van der Waals surface area contributed by atoms with Crippen molar-refractivity contribution in [3.05, 3.63) is 58.6 Å². The summed E-state index contributed by atoms with van der Waals surface area (Å²) < 4.78 is 25.7. The standard InChI is InChI=1S/C18H19ClN2O3S/c1-13-15(19)7-5-9-16(13)21(25(2,23)24)12-18(22)20-11-10-14-6-3-4-8-17(14)20/h3-9H,10-12H2,1-2H3. The van der Waals surface area contributed by atoms with E-state index in [1.54, 1.807) is 30.0 Å². The molecule has 132 valence electrons. The van der Waals surface area contributed by atoms with Crippen LogP contribution in [0.15, 0.2) is 42.5 Å². The van der Waals surface area contributed by atoms with E-state index in [1.165, 1.54) is 0 Å². The van der Waals surface area contributed by atoms with Crippen molar-refractivity contribution in [2.24, 2.45) is 0 Å². The number of hydrogen-bond acceptors (Lipinski definition) is 3. The summed E-state index contributed by atoms with van der Waals surface area (Å²) in [5, 5.41) is 0.463. The molecule has 0 atom stereocenters. The topological polar surface area (TPSA) is 57.7 Å². The van der Waals surface area contributed by atoms with E-state index >= 15 is 0 Å². The van der Waals surface area contributed by atoms with Crippen molar-refractivity contribution < 1.29 is 13.2 Å². The molecule has 5 nitrogen and oxygen atoms in total. The molecule has 0 N–H and O–H groups in total. The van der Waals surface area contributed by atoms with Gasteiger partial charge in [-0.15, -0.1) is 0 Å². The molecule has 1 aliphatic heterocycles. The summed E-state index contributed by atoms with van der Waals surface area (Å²) >= 11 is 6.12. The van der Waals surface area contributed by atoms with Crippen molar-refractivity contribution in [3.63, 3.8) is 0 Å². The fraction of sp³-hybridized carbons (Fsp3) is 0.278. The van der Waals surface area contributed by atoms with Crippen LogP contribution < -0.4 is 9.21 Å². The number of anilines is 2. The van der Waals surface area contributed by atoms with Gasteiger partial charge in [0.05, 0.1) is 11.9 Å². The zero-order chi connectivity index (χ0) is 18.2. The maximum Gasteiger partial charge on any atom is 0.247 e. The van der Waals surface area contributed by atoms with Crippen LogP contribution >= 0.6 is 11.6 Å². The number of amides is 1. The third-order valence-corrected chi connectivity index (χ3v) is 5.91. The predicted octanol–water partition coefficient (Wildman–Crippen LogP) is 3.00. The Balaban J connectivity index is 1.92. The van der Waals surface area contributed by atoms with Gasteiger partial charge in [-0.1, -0.05) is 35.9 Å². The number of hydrogen-bond donors (Lipinski definition) is 0. The Hall–Kier alpha value is -2.05. The maximum atomic E-state index is 12.8. The average Bonchev–Trinajstić information content (AvgIpc) is 2.98. The largest absolute Gasteiger partial charge is 0.310 e. The number of halogens is 1. The first-order chi connectivity index (χ1) is 11.8. The van der Waals surface area contributed by atoms with Crippen LogP contribution in [-0.4, -0.2) is 33.7 Å². The Bertz CT molecular complexity index is 928. The van der Waals surface area contributed by atoms with E-state index in [4.69, 9.17) is 11.6 Å². The molecule has 25 heavy (non-hydrogen) atoms. The Morgan fingerprint density at radius 1 is 1.20 bits per heavy atom. The van der Waals surface area contributed by atoms with Gasteiger partial charge in [-0.05, 0) is 42.7 Å². The summed E-state index contributed by atoms with van der Waals surface area (Å²) in [6, 6.07) is 12.7. The fourth-order valence-corrected chi connectivity index (χ4v) is 4.12. The first-order valence-electron chi connectivity index (χ1n) is 7.90. The van der Waals surface area contributed by atoms with Crippen LogP contribution in [0.25, 0.3) is 0 Å². The second kappa shape index (κ2) is 6.69. The highest BCUT2D eigenvalue weighted by molar-refractivity contribution is 7.92. The molecule has 0 bridgehead atoms. The number of nitrogens with zero attached hydrogens (tertiary/aromatic N) is 2. The van der Waals surface area contributed by atoms with E-state index in [1.807, 2.05) is 24.3 Å². The summed E-state index contributed by atoms with van der Waals surface area (Å²) in [5.74, 6) is -0.255. The lowest BCUT2D eigenvalue weighted by atomic mass is 10.2. The molecule has 0 saturated carbocycles.